The lowest BCUT2D eigenvalue weighted by atomic mass is 10.1. The summed E-state index contributed by atoms with van der Waals surface area (Å²) in [6.07, 6.45) is 3.07. The van der Waals surface area contributed by atoms with Gasteiger partial charge >= 0.3 is 0 Å². The molecule has 2 N–H and O–H groups in total. The van der Waals surface area contributed by atoms with Gasteiger partial charge in [0.15, 0.2) is 0 Å². The quantitative estimate of drug-likeness (QED) is 0.706. The van der Waals surface area contributed by atoms with Gasteiger partial charge in [0.25, 0.3) is 0 Å². The van der Waals surface area contributed by atoms with Gasteiger partial charge in [-0.15, -0.1) is 0 Å². The molecule has 0 aliphatic carbocycles. The Hall–Kier alpha value is -0.160. The van der Waals surface area contributed by atoms with Crippen LogP contribution in [0.2, 0.25) is 0 Å². The molecule has 0 radical (unpaired) electrons. The van der Waals surface area contributed by atoms with Crippen LogP contribution < -0.4 is 5.32 Å². The summed E-state index contributed by atoms with van der Waals surface area (Å²) in [5.74, 6) is 0. The number of aliphatic hydroxyl groups excluding tert-OH is 1. The van der Waals surface area contributed by atoms with E-state index in [9.17, 15) is 5.11 Å². The van der Waals surface area contributed by atoms with Crippen LogP contribution in [-0.4, -0.2) is 54.1 Å². The fourth-order valence-electron chi connectivity index (χ4n) is 1.94. The lowest BCUT2D eigenvalue weighted by molar-refractivity contribution is 0.0264. The van der Waals surface area contributed by atoms with Crippen molar-refractivity contribution in [1.82, 2.24) is 15.1 Å². The van der Waals surface area contributed by atoms with Crippen LogP contribution in [0.5, 0.6) is 0 Å². The predicted molar refractivity (Wildman–Crippen MR) is 62.3 cm³/mol. The minimum absolute atomic E-state index is 0.135. The van der Waals surface area contributed by atoms with E-state index in [-0.39, 0.29) is 6.10 Å². The third-order valence-electron chi connectivity index (χ3n) is 3.20. The minimum atomic E-state index is -0.135. The van der Waals surface area contributed by atoms with Crippen molar-refractivity contribution in [2.45, 2.75) is 45.4 Å². The Labute approximate surface area is 93.2 Å². The number of rotatable bonds is 5. The Morgan fingerprint density at radius 3 is 2.73 bits per heavy atom. The molecule has 0 aromatic rings. The average Bonchev–Trinajstić information content (AvgIpc) is 2.26. The van der Waals surface area contributed by atoms with Crippen LogP contribution in [0.4, 0.5) is 0 Å². The van der Waals surface area contributed by atoms with Crippen LogP contribution in [0.3, 0.4) is 0 Å². The van der Waals surface area contributed by atoms with E-state index in [4.69, 9.17) is 0 Å². The fraction of sp³-hybridized carbons (Fsp3) is 1.00. The van der Waals surface area contributed by atoms with Crippen LogP contribution in [0.15, 0.2) is 0 Å². The normalized spacial score (nSPS) is 26.8. The molecule has 0 bridgehead atoms. The summed E-state index contributed by atoms with van der Waals surface area (Å²) < 4.78 is 0. The van der Waals surface area contributed by atoms with Gasteiger partial charge in [-0.05, 0) is 32.9 Å². The molecule has 15 heavy (non-hydrogen) atoms. The maximum atomic E-state index is 9.52. The Morgan fingerprint density at radius 2 is 2.20 bits per heavy atom. The zero-order valence-electron chi connectivity index (χ0n) is 10.2. The zero-order chi connectivity index (χ0) is 11.3. The van der Waals surface area contributed by atoms with Crippen molar-refractivity contribution < 1.29 is 5.11 Å². The summed E-state index contributed by atoms with van der Waals surface area (Å²) in [4.78, 5) is 4.67. The van der Waals surface area contributed by atoms with Gasteiger partial charge in [0.1, 0.15) is 0 Å². The second-order valence-corrected chi connectivity index (χ2v) is 4.40. The van der Waals surface area contributed by atoms with Gasteiger partial charge in [-0.1, -0.05) is 13.8 Å². The summed E-state index contributed by atoms with van der Waals surface area (Å²) in [6.45, 7) is 7.28. The van der Waals surface area contributed by atoms with Gasteiger partial charge < -0.3 is 5.11 Å². The highest BCUT2D eigenvalue weighted by Gasteiger charge is 2.22. The van der Waals surface area contributed by atoms with Crippen molar-refractivity contribution in [3.05, 3.63) is 0 Å². The molecule has 1 aliphatic rings. The van der Waals surface area contributed by atoms with E-state index < -0.39 is 0 Å². The first-order chi connectivity index (χ1) is 7.17. The smallest absolute Gasteiger partial charge is 0.0616 e. The summed E-state index contributed by atoms with van der Waals surface area (Å²) >= 11 is 0. The molecule has 2 unspecified atom stereocenters. The summed E-state index contributed by atoms with van der Waals surface area (Å²) in [5.41, 5.74) is 0. The summed E-state index contributed by atoms with van der Waals surface area (Å²) in [7, 11) is 2.14. The van der Waals surface area contributed by atoms with E-state index in [1.165, 1.54) is 0 Å². The molecule has 0 saturated carbocycles. The third-order valence-corrected chi connectivity index (χ3v) is 3.20. The number of nitrogens with one attached hydrogen (secondary N) is 1. The van der Waals surface area contributed by atoms with E-state index in [0.29, 0.717) is 6.17 Å². The van der Waals surface area contributed by atoms with E-state index >= 15 is 0 Å². The molecule has 0 spiro atoms. The molecule has 1 saturated heterocycles. The van der Waals surface area contributed by atoms with Crippen LogP contribution in [0, 0.1) is 0 Å². The monoisotopic (exact) mass is 215 g/mol. The van der Waals surface area contributed by atoms with Gasteiger partial charge in [0.2, 0.25) is 0 Å². The Bertz CT molecular complexity index is 177. The van der Waals surface area contributed by atoms with Gasteiger partial charge in [-0.3, -0.25) is 15.1 Å². The number of hydrogen-bond donors (Lipinski definition) is 2. The Morgan fingerprint density at radius 1 is 1.47 bits per heavy atom. The highest BCUT2D eigenvalue weighted by molar-refractivity contribution is 4.73. The predicted octanol–water partition coefficient (Wildman–Crippen LogP) is 0.636. The van der Waals surface area contributed by atoms with E-state index in [1.807, 2.05) is 6.92 Å². The molecule has 4 heteroatoms. The summed E-state index contributed by atoms with van der Waals surface area (Å²) in [5, 5.41) is 13.0. The van der Waals surface area contributed by atoms with Crippen molar-refractivity contribution in [3.63, 3.8) is 0 Å². The van der Waals surface area contributed by atoms with Crippen LogP contribution >= 0.6 is 0 Å². The lowest BCUT2D eigenvalue weighted by Gasteiger charge is -2.40. The second-order valence-electron chi connectivity index (χ2n) is 4.40. The average molecular weight is 215 g/mol. The first kappa shape index (κ1) is 12.9. The standard InChI is InChI=1S/C11H25N3O/c1-4-10(15)6-7-11-12-8-14(5-2)9-13(11)3/h10-12,15H,4-9H2,1-3H3. The molecule has 0 aromatic heterocycles. The third kappa shape index (κ3) is 4.07. The summed E-state index contributed by atoms with van der Waals surface area (Å²) in [6, 6.07) is 0. The molecule has 1 fully saturated rings. The number of nitrogens with zero attached hydrogens (tertiary/aromatic N) is 2. The first-order valence-electron chi connectivity index (χ1n) is 6.01. The zero-order valence-corrected chi connectivity index (χ0v) is 10.2. The largest absolute Gasteiger partial charge is 0.393 e. The van der Waals surface area contributed by atoms with Gasteiger partial charge in [0, 0.05) is 0 Å². The Balaban J connectivity index is 2.25. The molecule has 0 amide bonds. The van der Waals surface area contributed by atoms with Gasteiger partial charge in [-0.25, -0.2) is 0 Å². The Kier molecular flexibility index (Phi) is 5.53. The molecule has 0 aromatic carbocycles. The second kappa shape index (κ2) is 6.43. The number of aliphatic hydroxyl groups is 1. The van der Waals surface area contributed by atoms with Crippen molar-refractivity contribution in [2.24, 2.45) is 0 Å². The molecule has 1 aliphatic heterocycles. The fourth-order valence-corrected chi connectivity index (χ4v) is 1.94. The molecule has 1 rings (SSSR count). The molecular formula is C11H25N3O. The van der Waals surface area contributed by atoms with Gasteiger partial charge in [-0.2, -0.15) is 0 Å². The van der Waals surface area contributed by atoms with Crippen molar-refractivity contribution in [3.8, 4) is 0 Å². The molecule has 90 valence electrons. The molecule has 4 nitrogen and oxygen atoms in total. The number of hydrogen-bond acceptors (Lipinski definition) is 4. The maximum absolute atomic E-state index is 9.52. The molecule has 1 heterocycles. The first-order valence-corrected chi connectivity index (χ1v) is 6.01. The van der Waals surface area contributed by atoms with E-state index in [0.717, 1.165) is 39.1 Å². The van der Waals surface area contributed by atoms with Crippen LogP contribution in [0.1, 0.15) is 33.1 Å². The van der Waals surface area contributed by atoms with Crippen molar-refractivity contribution >= 4 is 0 Å². The maximum Gasteiger partial charge on any atom is 0.0616 e. The topological polar surface area (TPSA) is 38.7 Å². The van der Waals surface area contributed by atoms with Crippen molar-refractivity contribution in [2.75, 3.05) is 26.9 Å². The lowest BCUT2D eigenvalue weighted by Crippen LogP contribution is -2.57. The molecule has 2 atom stereocenters. The van der Waals surface area contributed by atoms with E-state index in [1.54, 1.807) is 0 Å². The van der Waals surface area contributed by atoms with Gasteiger partial charge in [0.05, 0.1) is 25.6 Å². The van der Waals surface area contributed by atoms with Crippen LogP contribution in [-0.2, 0) is 0 Å². The highest BCUT2D eigenvalue weighted by Crippen LogP contribution is 2.10. The van der Waals surface area contributed by atoms with E-state index in [2.05, 4.69) is 29.1 Å². The SMILES string of the molecule is CCC(O)CCC1NCN(CC)CN1C. The van der Waals surface area contributed by atoms with Crippen molar-refractivity contribution in [1.29, 1.82) is 0 Å². The highest BCUT2D eigenvalue weighted by atomic mass is 16.3. The molecular weight excluding hydrogens is 190 g/mol. The minimum Gasteiger partial charge on any atom is -0.393 e. The van der Waals surface area contributed by atoms with Crippen LogP contribution in [0.25, 0.3) is 0 Å².